The van der Waals surface area contributed by atoms with E-state index in [0.717, 1.165) is 24.7 Å². The summed E-state index contributed by atoms with van der Waals surface area (Å²) in [6.07, 6.45) is 3.19. The Balaban J connectivity index is 1.99. The van der Waals surface area contributed by atoms with Crippen molar-refractivity contribution in [2.24, 2.45) is 29.6 Å². The highest BCUT2D eigenvalue weighted by Gasteiger charge is 2.52. The molecule has 2 nitrogen and oxygen atoms in total. The fourth-order valence-corrected chi connectivity index (χ4v) is 3.63. The topological polar surface area (TPSA) is 26.3 Å². The highest BCUT2D eigenvalue weighted by molar-refractivity contribution is 5.74. The number of esters is 1. The molecule has 2 aliphatic rings. The first-order valence-electron chi connectivity index (χ1n) is 7.08. The van der Waals surface area contributed by atoms with Crippen molar-refractivity contribution in [1.29, 1.82) is 0 Å². The molecule has 3 unspecified atom stereocenters. The average molecular weight is 238 g/mol. The van der Waals surface area contributed by atoms with Gasteiger partial charge in [0.25, 0.3) is 0 Å². The summed E-state index contributed by atoms with van der Waals surface area (Å²) in [5, 5.41) is 0. The molecule has 0 aromatic heterocycles. The van der Waals surface area contributed by atoms with Crippen LogP contribution in [0.25, 0.3) is 0 Å². The van der Waals surface area contributed by atoms with Gasteiger partial charge in [0.15, 0.2) is 0 Å². The second kappa shape index (κ2) is 4.29. The lowest BCUT2D eigenvalue weighted by molar-refractivity contribution is -0.164. The van der Waals surface area contributed by atoms with Crippen LogP contribution in [-0.2, 0) is 9.53 Å². The summed E-state index contributed by atoms with van der Waals surface area (Å²) >= 11 is 0. The Bertz CT molecular complexity index is 306. The number of carbonyl (C=O) groups excluding carboxylic acids is 1. The van der Waals surface area contributed by atoms with E-state index in [1.54, 1.807) is 0 Å². The molecule has 2 saturated carbocycles. The zero-order valence-electron chi connectivity index (χ0n) is 11.8. The Kier molecular flexibility index (Phi) is 3.26. The van der Waals surface area contributed by atoms with Crippen LogP contribution in [0.4, 0.5) is 0 Å². The molecule has 0 spiro atoms. The van der Waals surface area contributed by atoms with Crippen LogP contribution in [0, 0.1) is 29.6 Å². The average Bonchev–Trinajstić information content (AvgIpc) is 2.80. The zero-order chi connectivity index (χ0) is 12.8. The molecule has 0 aromatic carbocycles. The fourth-order valence-electron chi connectivity index (χ4n) is 3.63. The molecule has 98 valence electrons. The lowest BCUT2D eigenvalue weighted by Crippen LogP contribution is -2.36. The molecular formula is C15H26O2. The van der Waals surface area contributed by atoms with Crippen LogP contribution in [0.15, 0.2) is 0 Å². The lowest BCUT2D eigenvalue weighted by atomic mass is 9.76. The number of rotatable bonds is 3. The van der Waals surface area contributed by atoms with E-state index >= 15 is 0 Å². The van der Waals surface area contributed by atoms with Crippen LogP contribution in [0.3, 0.4) is 0 Å². The number of hydrogen-bond acceptors (Lipinski definition) is 2. The predicted molar refractivity (Wildman–Crippen MR) is 68.5 cm³/mol. The SMILES string of the molecule is CCC(C)(C)OC(=O)C1C[C@H]2C[C@@H]1C(C)C2C. The smallest absolute Gasteiger partial charge is 0.309 e. The van der Waals surface area contributed by atoms with Crippen molar-refractivity contribution in [2.75, 3.05) is 0 Å². The van der Waals surface area contributed by atoms with Gasteiger partial charge < -0.3 is 4.74 Å². The third-order valence-electron chi connectivity index (χ3n) is 5.43. The number of carbonyl (C=O) groups is 1. The minimum atomic E-state index is -0.298. The molecule has 0 N–H and O–H groups in total. The Morgan fingerprint density at radius 1 is 1.24 bits per heavy atom. The van der Waals surface area contributed by atoms with Gasteiger partial charge in [0.05, 0.1) is 5.92 Å². The van der Waals surface area contributed by atoms with Crippen molar-refractivity contribution in [1.82, 2.24) is 0 Å². The molecule has 0 saturated heterocycles. The van der Waals surface area contributed by atoms with Gasteiger partial charge in [-0.15, -0.1) is 0 Å². The van der Waals surface area contributed by atoms with Crippen LogP contribution in [0.5, 0.6) is 0 Å². The van der Waals surface area contributed by atoms with Crippen LogP contribution >= 0.6 is 0 Å². The van der Waals surface area contributed by atoms with Crippen molar-refractivity contribution in [3.05, 3.63) is 0 Å². The largest absolute Gasteiger partial charge is 0.459 e. The van der Waals surface area contributed by atoms with E-state index in [1.807, 2.05) is 13.8 Å². The Labute approximate surface area is 105 Å². The standard InChI is InChI=1S/C15H26O2/c1-6-15(4,5)17-14(16)13-8-11-7-12(13)10(3)9(11)2/h9-13H,6-8H2,1-5H3/t9?,10?,11-,12-,13?/m1/s1. The van der Waals surface area contributed by atoms with E-state index in [-0.39, 0.29) is 17.5 Å². The molecule has 0 aliphatic heterocycles. The molecule has 2 aliphatic carbocycles. The molecule has 0 amide bonds. The first kappa shape index (κ1) is 12.9. The van der Waals surface area contributed by atoms with Crippen molar-refractivity contribution >= 4 is 5.97 Å². The molecule has 0 heterocycles. The molecule has 0 aromatic rings. The van der Waals surface area contributed by atoms with E-state index in [9.17, 15) is 4.79 Å². The molecule has 17 heavy (non-hydrogen) atoms. The summed E-state index contributed by atoms with van der Waals surface area (Å²) in [5.41, 5.74) is -0.298. The second-order valence-corrected chi connectivity index (χ2v) is 6.75. The van der Waals surface area contributed by atoms with Gasteiger partial charge in [0, 0.05) is 0 Å². The maximum absolute atomic E-state index is 12.2. The highest BCUT2D eigenvalue weighted by Crippen LogP contribution is 2.55. The Hall–Kier alpha value is -0.530. The summed E-state index contributed by atoms with van der Waals surface area (Å²) in [7, 11) is 0. The Morgan fingerprint density at radius 2 is 1.88 bits per heavy atom. The van der Waals surface area contributed by atoms with E-state index in [0.29, 0.717) is 11.8 Å². The van der Waals surface area contributed by atoms with Crippen LogP contribution in [-0.4, -0.2) is 11.6 Å². The second-order valence-electron chi connectivity index (χ2n) is 6.75. The van der Waals surface area contributed by atoms with Gasteiger partial charge in [-0.3, -0.25) is 4.79 Å². The summed E-state index contributed by atoms with van der Waals surface area (Å²) in [5.74, 6) is 3.06. The lowest BCUT2D eigenvalue weighted by Gasteiger charge is -2.33. The summed E-state index contributed by atoms with van der Waals surface area (Å²) in [6.45, 7) is 10.7. The van der Waals surface area contributed by atoms with Gasteiger partial charge in [0.2, 0.25) is 0 Å². The first-order chi connectivity index (χ1) is 7.85. The number of hydrogen-bond donors (Lipinski definition) is 0. The molecule has 2 fully saturated rings. The molecule has 0 radical (unpaired) electrons. The van der Waals surface area contributed by atoms with E-state index in [4.69, 9.17) is 4.74 Å². The normalized spacial score (nSPS) is 40.6. The van der Waals surface area contributed by atoms with Crippen LogP contribution in [0.2, 0.25) is 0 Å². The third kappa shape index (κ3) is 2.23. The van der Waals surface area contributed by atoms with Crippen molar-refractivity contribution in [2.45, 2.75) is 59.5 Å². The zero-order valence-corrected chi connectivity index (χ0v) is 11.8. The van der Waals surface area contributed by atoms with Gasteiger partial charge >= 0.3 is 5.97 Å². The van der Waals surface area contributed by atoms with E-state index in [2.05, 4.69) is 20.8 Å². The van der Waals surface area contributed by atoms with Gasteiger partial charge in [-0.05, 0) is 56.8 Å². The molecule has 5 atom stereocenters. The summed E-state index contributed by atoms with van der Waals surface area (Å²) in [4.78, 5) is 12.2. The molecule has 2 rings (SSSR count). The monoisotopic (exact) mass is 238 g/mol. The maximum atomic E-state index is 12.2. The quantitative estimate of drug-likeness (QED) is 0.702. The summed E-state index contributed by atoms with van der Waals surface area (Å²) < 4.78 is 5.67. The first-order valence-corrected chi connectivity index (χ1v) is 7.08. The van der Waals surface area contributed by atoms with Crippen molar-refractivity contribution in [3.63, 3.8) is 0 Å². The molecular weight excluding hydrogens is 212 g/mol. The van der Waals surface area contributed by atoms with Gasteiger partial charge in [-0.1, -0.05) is 20.8 Å². The highest BCUT2D eigenvalue weighted by atomic mass is 16.6. The number of ether oxygens (including phenoxy) is 1. The minimum absolute atomic E-state index is 0.0584. The van der Waals surface area contributed by atoms with E-state index < -0.39 is 0 Å². The van der Waals surface area contributed by atoms with Gasteiger partial charge in [-0.25, -0.2) is 0 Å². The molecule has 2 heteroatoms. The van der Waals surface area contributed by atoms with Crippen molar-refractivity contribution < 1.29 is 9.53 Å². The van der Waals surface area contributed by atoms with Crippen molar-refractivity contribution in [3.8, 4) is 0 Å². The predicted octanol–water partition coefficient (Wildman–Crippen LogP) is 3.65. The minimum Gasteiger partial charge on any atom is -0.459 e. The molecule has 2 bridgehead atoms. The maximum Gasteiger partial charge on any atom is 0.309 e. The third-order valence-corrected chi connectivity index (χ3v) is 5.43. The van der Waals surface area contributed by atoms with Gasteiger partial charge in [-0.2, -0.15) is 0 Å². The van der Waals surface area contributed by atoms with Crippen LogP contribution in [0.1, 0.15) is 53.9 Å². The van der Waals surface area contributed by atoms with Gasteiger partial charge in [0.1, 0.15) is 5.60 Å². The number of fused-ring (bicyclic) bond motifs is 2. The summed E-state index contributed by atoms with van der Waals surface area (Å²) in [6, 6.07) is 0. The van der Waals surface area contributed by atoms with E-state index in [1.165, 1.54) is 6.42 Å². The Morgan fingerprint density at radius 3 is 2.35 bits per heavy atom. The van der Waals surface area contributed by atoms with Crippen LogP contribution < -0.4 is 0 Å². The fraction of sp³-hybridized carbons (Fsp3) is 0.933.